The molecular formula is C29H37F3N2O4. The first-order chi connectivity index (χ1) is 17.9. The minimum Gasteiger partial charge on any atom is -0.476 e. The van der Waals surface area contributed by atoms with Gasteiger partial charge in [-0.25, -0.2) is 9.59 Å². The van der Waals surface area contributed by atoms with Crippen molar-refractivity contribution < 1.29 is 32.2 Å². The van der Waals surface area contributed by atoms with E-state index in [9.17, 15) is 22.8 Å². The summed E-state index contributed by atoms with van der Waals surface area (Å²) in [6.07, 6.45) is -0.415. The van der Waals surface area contributed by atoms with E-state index in [2.05, 4.69) is 5.32 Å². The predicted octanol–water partition coefficient (Wildman–Crippen LogP) is 6.17. The third kappa shape index (κ3) is 6.99. The van der Waals surface area contributed by atoms with Crippen molar-refractivity contribution in [2.75, 3.05) is 20.2 Å². The average Bonchev–Trinajstić information content (AvgIpc) is 3.14. The summed E-state index contributed by atoms with van der Waals surface area (Å²) in [6.45, 7) is 6.21. The van der Waals surface area contributed by atoms with Gasteiger partial charge in [0.1, 0.15) is 5.75 Å². The molecule has 2 unspecified atom stereocenters. The highest BCUT2D eigenvalue weighted by atomic mass is 19.4. The van der Waals surface area contributed by atoms with E-state index in [1.807, 2.05) is 31.2 Å². The molecule has 2 aromatic carbocycles. The van der Waals surface area contributed by atoms with Gasteiger partial charge in [-0.3, -0.25) is 0 Å². The largest absolute Gasteiger partial charge is 0.476 e. The van der Waals surface area contributed by atoms with Gasteiger partial charge in [-0.2, -0.15) is 13.2 Å². The van der Waals surface area contributed by atoms with Gasteiger partial charge in [0.2, 0.25) is 5.60 Å². The van der Waals surface area contributed by atoms with Crippen LogP contribution < -0.4 is 10.1 Å². The van der Waals surface area contributed by atoms with Gasteiger partial charge in [-0.05, 0) is 81.3 Å². The van der Waals surface area contributed by atoms with Crippen LogP contribution in [-0.4, -0.2) is 48.2 Å². The molecule has 2 aromatic rings. The van der Waals surface area contributed by atoms with Crippen LogP contribution >= 0.6 is 0 Å². The number of esters is 1. The van der Waals surface area contributed by atoms with Crippen molar-refractivity contribution >= 4 is 12.0 Å². The Morgan fingerprint density at radius 2 is 1.68 bits per heavy atom. The molecular weight excluding hydrogens is 497 g/mol. The quantitative estimate of drug-likeness (QED) is 0.331. The van der Waals surface area contributed by atoms with Crippen LogP contribution in [0, 0.1) is 0 Å². The number of hydrogen-bond acceptors (Lipinski definition) is 4. The van der Waals surface area contributed by atoms with Gasteiger partial charge in [0.15, 0.2) is 0 Å². The molecule has 6 nitrogen and oxygen atoms in total. The maximum absolute atomic E-state index is 13.0. The van der Waals surface area contributed by atoms with Crippen molar-refractivity contribution in [3.63, 3.8) is 0 Å². The molecule has 1 N–H and O–H groups in total. The SMILES string of the molecule is CCCC(C)(Oc1ccc(CCCC2(Cc3ccc(C(F)(F)F)cc3)CNC(=O)N2C)cc1)C(=O)OCC. The summed E-state index contributed by atoms with van der Waals surface area (Å²) < 4.78 is 50.1. The lowest BCUT2D eigenvalue weighted by Crippen LogP contribution is -2.46. The topological polar surface area (TPSA) is 67.9 Å². The van der Waals surface area contributed by atoms with Gasteiger partial charge in [0.05, 0.1) is 17.7 Å². The number of benzene rings is 2. The van der Waals surface area contributed by atoms with Crippen molar-refractivity contribution in [1.82, 2.24) is 10.2 Å². The summed E-state index contributed by atoms with van der Waals surface area (Å²) in [6, 6.07) is 12.6. The number of nitrogens with one attached hydrogen (secondary N) is 1. The maximum Gasteiger partial charge on any atom is 0.416 e. The fourth-order valence-electron chi connectivity index (χ4n) is 4.97. The number of hydrogen-bond donors (Lipinski definition) is 1. The van der Waals surface area contributed by atoms with E-state index in [-0.39, 0.29) is 18.6 Å². The van der Waals surface area contributed by atoms with Gasteiger partial charge in [0, 0.05) is 13.6 Å². The molecule has 1 heterocycles. The van der Waals surface area contributed by atoms with E-state index in [1.54, 1.807) is 25.8 Å². The Labute approximate surface area is 222 Å². The summed E-state index contributed by atoms with van der Waals surface area (Å²) in [5, 5.41) is 2.87. The molecule has 208 valence electrons. The maximum atomic E-state index is 13.0. The Morgan fingerprint density at radius 1 is 1.05 bits per heavy atom. The number of alkyl halides is 3. The van der Waals surface area contributed by atoms with E-state index in [1.165, 1.54) is 12.1 Å². The monoisotopic (exact) mass is 534 g/mol. The number of carbonyl (C=O) groups excluding carboxylic acids is 2. The number of amides is 2. The van der Waals surface area contributed by atoms with E-state index < -0.39 is 22.9 Å². The highest BCUT2D eigenvalue weighted by Crippen LogP contribution is 2.33. The normalized spacial score (nSPS) is 19.1. The fourth-order valence-corrected chi connectivity index (χ4v) is 4.97. The molecule has 1 aliphatic rings. The number of halogens is 3. The Hall–Kier alpha value is -3.23. The van der Waals surface area contributed by atoms with Gasteiger partial charge >= 0.3 is 18.2 Å². The molecule has 2 atom stereocenters. The number of aryl methyl sites for hydroxylation is 1. The minimum absolute atomic E-state index is 0.185. The third-order valence-electron chi connectivity index (χ3n) is 7.21. The Morgan fingerprint density at radius 3 is 2.21 bits per heavy atom. The number of nitrogens with zero attached hydrogens (tertiary/aromatic N) is 1. The average molecular weight is 535 g/mol. The highest BCUT2D eigenvalue weighted by molar-refractivity contribution is 5.79. The second-order valence-electron chi connectivity index (χ2n) is 10.1. The molecule has 0 aromatic heterocycles. The van der Waals surface area contributed by atoms with E-state index in [0.717, 1.165) is 42.5 Å². The van der Waals surface area contributed by atoms with Gasteiger partial charge in [-0.15, -0.1) is 0 Å². The Kier molecular flexibility index (Phi) is 9.33. The lowest BCUT2D eigenvalue weighted by molar-refractivity contribution is -0.161. The first-order valence-corrected chi connectivity index (χ1v) is 13.1. The zero-order chi connectivity index (χ0) is 28.0. The van der Waals surface area contributed by atoms with Crippen LogP contribution in [0.4, 0.5) is 18.0 Å². The predicted molar refractivity (Wildman–Crippen MR) is 139 cm³/mol. The zero-order valence-electron chi connectivity index (χ0n) is 22.5. The number of ether oxygens (including phenoxy) is 2. The molecule has 2 amide bonds. The number of urea groups is 1. The second-order valence-corrected chi connectivity index (χ2v) is 10.1. The molecule has 0 radical (unpaired) electrons. The summed E-state index contributed by atoms with van der Waals surface area (Å²) in [5.74, 6) is 0.204. The summed E-state index contributed by atoms with van der Waals surface area (Å²) >= 11 is 0. The van der Waals surface area contributed by atoms with Gasteiger partial charge in [0.25, 0.3) is 0 Å². The number of rotatable bonds is 12. The van der Waals surface area contributed by atoms with E-state index in [4.69, 9.17) is 9.47 Å². The van der Waals surface area contributed by atoms with Crippen LogP contribution in [0.15, 0.2) is 48.5 Å². The summed E-state index contributed by atoms with van der Waals surface area (Å²) in [4.78, 5) is 26.4. The molecule has 0 spiro atoms. The summed E-state index contributed by atoms with van der Waals surface area (Å²) in [7, 11) is 1.73. The number of carbonyl (C=O) groups is 2. The molecule has 0 aliphatic carbocycles. The molecule has 1 saturated heterocycles. The van der Waals surface area contributed by atoms with Crippen LogP contribution in [0.2, 0.25) is 0 Å². The Bertz CT molecular complexity index is 1090. The smallest absolute Gasteiger partial charge is 0.416 e. The standard InChI is InChI=1S/C29H37F3N2O4/c1-5-17-27(3,25(35)37-6-2)38-24-15-11-21(12-16-24)8-7-18-28(20-33-26(36)34(28)4)19-22-9-13-23(14-10-22)29(30,31)32/h9-16H,5-8,17-20H2,1-4H3,(H,33,36). The van der Waals surface area contributed by atoms with Crippen LogP contribution in [-0.2, 0) is 28.5 Å². The molecule has 3 rings (SSSR count). The second kappa shape index (κ2) is 12.1. The molecule has 0 saturated carbocycles. The molecule has 9 heteroatoms. The lowest BCUT2D eigenvalue weighted by atomic mass is 9.84. The minimum atomic E-state index is -4.38. The molecule has 38 heavy (non-hydrogen) atoms. The van der Waals surface area contributed by atoms with Crippen molar-refractivity contribution in [2.45, 2.75) is 76.6 Å². The molecule has 1 fully saturated rings. The first kappa shape index (κ1) is 29.3. The summed E-state index contributed by atoms with van der Waals surface area (Å²) in [5.41, 5.74) is -0.436. The van der Waals surface area contributed by atoms with Crippen molar-refractivity contribution in [3.05, 3.63) is 65.2 Å². The van der Waals surface area contributed by atoms with E-state index >= 15 is 0 Å². The van der Waals surface area contributed by atoms with Crippen LogP contribution in [0.25, 0.3) is 0 Å². The molecule has 1 aliphatic heterocycles. The number of likely N-dealkylation sites (N-methyl/N-ethyl adjacent to an activating group) is 1. The van der Waals surface area contributed by atoms with Gasteiger partial charge in [-0.1, -0.05) is 37.6 Å². The van der Waals surface area contributed by atoms with Crippen LogP contribution in [0.1, 0.15) is 63.1 Å². The van der Waals surface area contributed by atoms with Crippen LogP contribution in [0.5, 0.6) is 5.75 Å². The molecule has 0 bridgehead atoms. The van der Waals surface area contributed by atoms with Crippen LogP contribution in [0.3, 0.4) is 0 Å². The van der Waals surface area contributed by atoms with Gasteiger partial charge < -0.3 is 19.7 Å². The fraction of sp³-hybridized carbons (Fsp3) is 0.517. The van der Waals surface area contributed by atoms with Crippen molar-refractivity contribution in [3.8, 4) is 5.75 Å². The first-order valence-electron chi connectivity index (χ1n) is 13.1. The zero-order valence-corrected chi connectivity index (χ0v) is 22.5. The van der Waals surface area contributed by atoms with Crippen molar-refractivity contribution in [2.24, 2.45) is 0 Å². The van der Waals surface area contributed by atoms with Crippen molar-refractivity contribution in [1.29, 1.82) is 0 Å². The Balaban J connectivity index is 1.64. The lowest BCUT2D eigenvalue weighted by Gasteiger charge is -2.35. The third-order valence-corrected chi connectivity index (χ3v) is 7.21. The van der Waals surface area contributed by atoms with E-state index in [0.29, 0.717) is 31.6 Å². The highest BCUT2D eigenvalue weighted by Gasteiger charge is 2.43.